The fourth-order valence-electron chi connectivity index (χ4n) is 2.53. The number of unbranched alkanes of at least 4 members (excludes halogenated alkanes) is 1. The van der Waals surface area contributed by atoms with E-state index in [4.69, 9.17) is 4.74 Å². The Morgan fingerprint density at radius 1 is 1.14 bits per heavy atom. The Hall–Kier alpha value is -3.59. The second-order valence-corrected chi connectivity index (χ2v) is 6.11. The van der Waals surface area contributed by atoms with Gasteiger partial charge in [0.15, 0.2) is 0 Å². The van der Waals surface area contributed by atoms with E-state index in [1.807, 2.05) is 30.3 Å². The third-order valence-corrected chi connectivity index (χ3v) is 4.10. The summed E-state index contributed by atoms with van der Waals surface area (Å²) in [6, 6.07) is 16.1. The van der Waals surface area contributed by atoms with Crippen molar-refractivity contribution in [1.82, 2.24) is 0 Å². The van der Waals surface area contributed by atoms with Gasteiger partial charge >= 0.3 is 5.97 Å². The molecule has 0 saturated carbocycles. The Labute approximate surface area is 164 Å². The molecule has 1 amide bonds. The predicted octanol–water partition coefficient (Wildman–Crippen LogP) is 4.27. The number of methoxy groups -OCH3 is 1. The van der Waals surface area contributed by atoms with Crippen molar-refractivity contribution < 1.29 is 14.3 Å². The molecule has 2 aromatic rings. The number of carbonyl (C=O) groups is 2. The Morgan fingerprint density at radius 3 is 2.50 bits per heavy atom. The van der Waals surface area contributed by atoms with Crippen LogP contribution < -0.4 is 10.6 Å². The van der Waals surface area contributed by atoms with Gasteiger partial charge in [0.1, 0.15) is 11.6 Å². The molecule has 0 unspecified atom stereocenters. The highest BCUT2D eigenvalue weighted by molar-refractivity contribution is 6.07. The number of esters is 1. The van der Waals surface area contributed by atoms with Gasteiger partial charge in [0.05, 0.1) is 18.4 Å². The summed E-state index contributed by atoms with van der Waals surface area (Å²) in [5.41, 5.74) is 2.45. The number of nitrogens with zero attached hydrogens (tertiary/aromatic N) is 1. The maximum atomic E-state index is 12.4. The van der Waals surface area contributed by atoms with Crippen LogP contribution in [0.1, 0.15) is 35.7 Å². The molecular weight excluding hydrogens is 354 g/mol. The molecule has 0 atom stereocenters. The summed E-state index contributed by atoms with van der Waals surface area (Å²) in [6.45, 7) is 2.14. The Kier molecular flexibility index (Phi) is 7.79. The molecule has 0 radical (unpaired) electrons. The van der Waals surface area contributed by atoms with Crippen LogP contribution in [0.4, 0.5) is 11.4 Å². The van der Waals surface area contributed by atoms with Gasteiger partial charge in [-0.1, -0.05) is 37.6 Å². The first-order chi connectivity index (χ1) is 13.6. The first-order valence-electron chi connectivity index (χ1n) is 9.03. The van der Waals surface area contributed by atoms with Crippen molar-refractivity contribution in [3.05, 3.63) is 71.4 Å². The number of amides is 1. The minimum atomic E-state index is -0.535. The van der Waals surface area contributed by atoms with E-state index in [1.165, 1.54) is 18.9 Å². The number of carbonyl (C=O) groups excluding carboxylic acids is 2. The smallest absolute Gasteiger partial charge is 0.339 e. The quantitative estimate of drug-likeness (QED) is 0.407. The lowest BCUT2D eigenvalue weighted by atomic mass is 10.1. The van der Waals surface area contributed by atoms with Crippen LogP contribution in [0.3, 0.4) is 0 Å². The van der Waals surface area contributed by atoms with E-state index >= 15 is 0 Å². The van der Waals surface area contributed by atoms with E-state index in [1.54, 1.807) is 24.3 Å². The zero-order valence-corrected chi connectivity index (χ0v) is 16.0. The molecule has 2 rings (SSSR count). The number of nitrogens with one attached hydrogen (secondary N) is 2. The van der Waals surface area contributed by atoms with Crippen LogP contribution >= 0.6 is 0 Å². The number of ether oxygens (including phenoxy) is 1. The number of hydrogen-bond donors (Lipinski definition) is 2. The molecule has 0 saturated heterocycles. The van der Waals surface area contributed by atoms with Crippen molar-refractivity contribution in [2.24, 2.45) is 0 Å². The number of aryl methyl sites for hydroxylation is 1. The number of para-hydroxylation sites is 1. The van der Waals surface area contributed by atoms with Crippen LogP contribution in [0.15, 0.2) is 60.3 Å². The monoisotopic (exact) mass is 377 g/mol. The predicted molar refractivity (Wildman–Crippen MR) is 109 cm³/mol. The van der Waals surface area contributed by atoms with Gasteiger partial charge in [0.25, 0.3) is 5.91 Å². The third kappa shape index (κ3) is 5.71. The number of benzene rings is 2. The van der Waals surface area contributed by atoms with E-state index < -0.39 is 11.9 Å². The van der Waals surface area contributed by atoms with Crippen molar-refractivity contribution in [2.45, 2.75) is 26.2 Å². The lowest BCUT2D eigenvalue weighted by molar-refractivity contribution is -0.112. The molecule has 0 spiro atoms. The Morgan fingerprint density at radius 2 is 1.86 bits per heavy atom. The minimum Gasteiger partial charge on any atom is -0.465 e. The summed E-state index contributed by atoms with van der Waals surface area (Å²) in [4.78, 5) is 24.2. The van der Waals surface area contributed by atoms with Crippen molar-refractivity contribution in [2.75, 3.05) is 17.7 Å². The van der Waals surface area contributed by atoms with Crippen molar-refractivity contribution >= 4 is 23.3 Å². The normalized spacial score (nSPS) is 10.7. The summed E-state index contributed by atoms with van der Waals surface area (Å²) < 4.78 is 4.73. The zero-order valence-electron chi connectivity index (χ0n) is 16.0. The molecule has 0 bridgehead atoms. The zero-order chi connectivity index (χ0) is 20.4. The topological polar surface area (TPSA) is 91.2 Å². The molecule has 0 fully saturated rings. The van der Waals surface area contributed by atoms with Crippen molar-refractivity contribution in [3.8, 4) is 6.07 Å². The summed E-state index contributed by atoms with van der Waals surface area (Å²) in [5, 5.41) is 14.8. The highest BCUT2D eigenvalue weighted by atomic mass is 16.5. The van der Waals surface area contributed by atoms with Gasteiger partial charge in [-0.05, 0) is 42.7 Å². The maximum Gasteiger partial charge on any atom is 0.339 e. The first-order valence-corrected chi connectivity index (χ1v) is 9.03. The molecule has 0 aliphatic heterocycles. The fourth-order valence-corrected chi connectivity index (χ4v) is 2.53. The van der Waals surface area contributed by atoms with Crippen LogP contribution in [-0.2, 0) is 16.0 Å². The van der Waals surface area contributed by atoms with Gasteiger partial charge in [-0.15, -0.1) is 0 Å². The lowest BCUT2D eigenvalue weighted by Crippen LogP contribution is -2.15. The maximum absolute atomic E-state index is 12.4. The van der Waals surface area contributed by atoms with E-state index in [9.17, 15) is 14.9 Å². The fraction of sp³-hybridized carbons (Fsp3) is 0.227. The molecule has 0 aliphatic rings. The van der Waals surface area contributed by atoms with Gasteiger partial charge in [-0.2, -0.15) is 5.26 Å². The Bertz CT molecular complexity index is 896. The molecule has 144 valence electrons. The lowest BCUT2D eigenvalue weighted by Gasteiger charge is -2.09. The van der Waals surface area contributed by atoms with Gasteiger partial charge in [-0.25, -0.2) is 4.79 Å². The third-order valence-electron chi connectivity index (χ3n) is 4.10. The van der Waals surface area contributed by atoms with E-state index in [0.717, 1.165) is 19.3 Å². The minimum absolute atomic E-state index is 0.116. The van der Waals surface area contributed by atoms with Crippen molar-refractivity contribution in [1.29, 1.82) is 5.26 Å². The van der Waals surface area contributed by atoms with Crippen LogP contribution in [-0.4, -0.2) is 19.0 Å². The Balaban J connectivity index is 2.07. The molecule has 6 heteroatoms. The summed E-state index contributed by atoms with van der Waals surface area (Å²) >= 11 is 0. The number of nitriles is 1. The van der Waals surface area contributed by atoms with Crippen molar-refractivity contribution in [3.63, 3.8) is 0 Å². The molecule has 28 heavy (non-hydrogen) atoms. The van der Waals surface area contributed by atoms with Crippen LogP contribution in [0.2, 0.25) is 0 Å². The van der Waals surface area contributed by atoms with Crippen LogP contribution in [0, 0.1) is 11.3 Å². The van der Waals surface area contributed by atoms with Gasteiger partial charge in [-0.3, -0.25) is 4.79 Å². The number of rotatable bonds is 8. The van der Waals surface area contributed by atoms with Gasteiger partial charge < -0.3 is 15.4 Å². The number of anilines is 2. The second kappa shape index (κ2) is 10.5. The average Bonchev–Trinajstić information content (AvgIpc) is 2.73. The summed E-state index contributed by atoms with van der Waals surface area (Å²) in [7, 11) is 1.29. The molecule has 0 aliphatic carbocycles. The summed E-state index contributed by atoms with van der Waals surface area (Å²) in [6.07, 6.45) is 4.51. The highest BCUT2D eigenvalue weighted by Gasteiger charge is 2.12. The molecule has 2 N–H and O–H groups in total. The second-order valence-electron chi connectivity index (χ2n) is 6.11. The molecular formula is C22H23N3O3. The molecule has 6 nitrogen and oxygen atoms in total. The largest absolute Gasteiger partial charge is 0.465 e. The highest BCUT2D eigenvalue weighted by Crippen LogP contribution is 2.17. The SMILES string of the molecule is CCCCc1ccc(NC(=O)/C(C#N)=C\Nc2ccccc2C(=O)OC)cc1. The van der Waals surface area contributed by atoms with Crippen LogP contribution in [0.5, 0.6) is 0 Å². The van der Waals surface area contributed by atoms with E-state index in [2.05, 4.69) is 17.6 Å². The summed E-state index contributed by atoms with van der Waals surface area (Å²) in [5.74, 6) is -1.05. The standard InChI is InChI=1S/C22H23N3O3/c1-3-4-7-16-10-12-18(13-11-16)25-21(26)17(14-23)15-24-20-9-6-5-8-19(20)22(27)28-2/h5-6,8-13,15,24H,3-4,7H2,1-2H3,(H,25,26)/b17-15-. The van der Waals surface area contributed by atoms with E-state index in [0.29, 0.717) is 16.9 Å². The first kappa shape index (κ1) is 20.7. The molecule has 0 aromatic heterocycles. The van der Waals surface area contributed by atoms with Crippen LogP contribution in [0.25, 0.3) is 0 Å². The van der Waals surface area contributed by atoms with E-state index in [-0.39, 0.29) is 5.57 Å². The molecule has 2 aromatic carbocycles. The number of hydrogen-bond acceptors (Lipinski definition) is 5. The van der Waals surface area contributed by atoms with Gasteiger partial charge in [0.2, 0.25) is 0 Å². The average molecular weight is 377 g/mol. The van der Waals surface area contributed by atoms with Gasteiger partial charge in [0, 0.05) is 11.9 Å². The molecule has 0 heterocycles.